The lowest BCUT2D eigenvalue weighted by molar-refractivity contribution is 0.0487. The molecule has 1 saturated heterocycles. The van der Waals surface area contributed by atoms with E-state index in [9.17, 15) is 18.8 Å². The van der Waals surface area contributed by atoms with E-state index in [0.29, 0.717) is 25.7 Å². The van der Waals surface area contributed by atoms with Crippen LogP contribution in [0, 0.1) is 5.82 Å². The van der Waals surface area contributed by atoms with Gasteiger partial charge in [-0.1, -0.05) is 0 Å². The number of hydrogen-bond donors (Lipinski definition) is 1. The van der Waals surface area contributed by atoms with E-state index in [-0.39, 0.29) is 34.8 Å². The molecule has 1 aliphatic carbocycles. The van der Waals surface area contributed by atoms with Crippen LogP contribution >= 0.6 is 11.8 Å². The maximum absolute atomic E-state index is 13.9. The van der Waals surface area contributed by atoms with E-state index in [2.05, 4.69) is 10.3 Å². The van der Waals surface area contributed by atoms with Gasteiger partial charge in [-0.2, -0.15) is 11.8 Å². The van der Waals surface area contributed by atoms with Gasteiger partial charge in [0.05, 0.1) is 17.6 Å². The lowest BCUT2D eigenvalue weighted by atomic mass is 9.91. The molecule has 0 spiro atoms. The Kier molecular flexibility index (Phi) is 6.33. The summed E-state index contributed by atoms with van der Waals surface area (Å²) in [6.07, 6.45) is 3.75. The standard InChI is InChI=1S/C22H29FN4O4S/c1-22(2,3)31-20(29)25-14-4-6-15(7-5-14)27-19(28)17-10-13(23)11-24-18(17)26(21(27)30)16-8-9-32-12-16/h10-11,14-16H,4-9,12H2,1-3H3,(H,25,29). The van der Waals surface area contributed by atoms with E-state index in [1.54, 1.807) is 37.1 Å². The van der Waals surface area contributed by atoms with Crippen molar-refractivity contribution in [3.05, 3.63) is 38.9 Å². The van der Waals surface area contributed by atoms with Crippen LogP contribution in [0.4, 0.5) is 9.18 Å². The van der Waals surface area contributed by atoms with Gasteiger partial charge < -0.3 is 10.1 Å². The number of carbonyl (C=O) groups excluding carboxylic acids is 1. The number of pyridine rings is 1. The summed E-state index contributed by atoms with van der Waals surface area (Å²) in [5.41, 5.74) is -1.20. The average Bonchev–Trinajstić information content (AvgIpc) is 3.23. The summed E-state index contributed by atoms with van der Waals surface area (Å²) in [6.45, 7) is 5.42. The number of rotatable bonds is 3. The third kappa shape index (κ3) is 4.69. The number of amides is 1. The topological polar surface area (TPSA) is 95.2 Å². The first kappa shape index (κ1) is 22.8. The molecule has 1 unspecified atom stereocenters. The van der Waals surface area contributed by atoms with E-state index in [0.717, 1.165) is 24.1 Å². The van der Waals surface area contributed by atoms with E-state index in [4.69, 9.17) is 4.74 Å². The van der Waals surface area contributed by atoms with Crippen LogP contribution in [0.5, 0.6) is 0 Å². The third-order valence-corrected chi connectivity index (χ3v) is 7.12. The Morgan fingerprint density at radius 3 is 2.50 bits per heavy atom. The van der Waals surface area contributed by atoms with Crippen molar-refractivity contribution >= 4 is 28.9 Å². The zero-order valence-electron chi connectivity index (χ0n) is 18.6. The van der Waals surface area contributed by atoms with Crippen LogP contribution in [0.25, 0.3) is 11.0 Å². The van der Waals surface area contributed by atoms with Crippen LogP contribution in [0.2, 0.25) is 0 Å². The lowest BCUT2D eigenvalue weighted by Crippen LogP contribution is -2.46. The van der Waals surface area contributed by atoms with Crippen LogP contribution in [0.3, 0.4) is 0 Å². The molecular weight excluding hydrogens is 435 g/mol. The molecule has 2 aromatic rings. The second-order valence-corrected chi connectivity index (χ2v) is 10.7. The fraction of sp³-hybridized carbons (Fsp3) is 0.636. The summed E-state index contributed by atoms with van der Waals surface area (Å²) >= 11 is 1.75. The molecule has 4 rings (SSSR count). The Morgan fingerprint density at radius 2 is 1.88 bits per heavy atom. The molecule has 3 heterocycles. The number of nitrogens with one attached hydrogen (secondary N) is 1. The van der Waals surface area contributed by atoms with Gasteiger partial charge in [0, 0.05) is 17.8 Å². The van der Waals surface area contributed by atoms with Gasteiger partial charge in [-0.3, -0.25) is 13.9 Å². The number of nitrogens with zero attached hydrogens (tertiary/aromatic N) is 3. The Bertz CT molecular complexity index is 1130. The number of carbonyl (C=O) groups is 1. The first-order valence-corrected chi connectivity index (χ1v) is 12.2. The smallest absolute Gasteiger partial charge is 0.407 e. The van der Waals surface area contributed by atoms with Gasteiger partial charge in [0.25, 0.3) is 5.56 Å². The molecule has 0 aromatic carbocycles. The number of hydrogen-bond acceptors (Lipinski definition) is 6. The number of ether oxygens (including phenoxy) is 1. The molecule has 0 radical (unpaired) electrons. The minimum absolute atomic E-state index is 0.0648. The van der Waals surface area contributed by atoms with Crippen LogP contribution in [-0.2, 0) is 4.74 Å². The highest BCUT2D eigenvalue weighted by molar-refractivity contribution is 7.99. The molecule has 8 nitrogen and oxygen atoms in total. The quantitative estimate of drug-likeness (QED) is 0.748. The first-order chi connectivity index (χ1) is 15.1. The molecule has 10 heteroatoms. The molecule has 1 saturated carbocycles. The Balaban J connectivity index is 1.62. The van der Waals surface area contributed by atoms with E-state index in [1.807, 2.05) is 0 Å². The van der Waals surface area contributed by atoms with E-state index in [1.165, 1.54) is 10.6 Å². The first-order valence-electron chi connectivity index (χ1n) is 11.0. The molecule has 0 bridgehead atoms. The molecule has 1 atom stereocenters. The van der Waals surface area contributed by atoms with Gasteiger partial charge >= 0.3 is 11.8 Å². The Morgan fingerprint density at radius 1 is 1.16 bits per heavy atom. The van der Waals surface area contributed by atoms with Crippen molar-refractivity contribution in [2.24, 2.45) is 0 Å². The normalized spacial score (nSPS) is 23.9. The van der Waals surface area contributed by atoms with Crippen molar-refractivity contribution in [1.82, 2.24) is 19.4 Å². The van der Waals surface area contributed by atoms with E-state index < -0.39 is 23.1 Å². The molecule has 1 aliphatic heterocycles. The molecule has 2 fully saturated rings. The SMILES string of the molecule is CC(C)(C)OC(=O)NC1CCC(n2c(=O)c3cc(F)cnc3n(C3CCSC3)c2=O)CC1. The van der Waals surface area contributed by atoms with Crippen molar-refractivity contribution in [1.29, 1.82) is 0 Å². The van der Waals surface area contributed by atoms with Gasteiger partial charge in [0.2, 0.25) is 0 Å². The predicted octanol–water partition coefficient (Wildman–Crippen LogP) is 3.38. The van der Waals surface area contributed by atoms with Gasteiger partial charge in [0.15, 0.2) is 0 Å². The second-order valence-electron chi connectivity index (χ2n) is 9.52. The summed E-state index contributed by atoms with van der Waals surface area (Å²) in [5, 5.41) is 3.01. The van der Waals surface area contributed by atoms with Crippen LogP contribution in [0.15, 0.2) is 21.9 Å². The number of fused-ring (bicyclic) bond motifs is 1. The van der Waals surface area contributed by atoms with Gasteiger partial charge in [-0.25, -0.2) is 19.0 Å². The minimum Gasteiger partial charge on any atom is -0.444 e. The zero-order chi connectivity index (χ0) is 23.0. The third-order valence-electron chi connectivity index (χ3n) is 5.98. The Labute approximate surface area is 189 Å². The fourth-order valence-electron chi connectivity index (χ4n) is 4.53. The summed E-state index contributed by atoms with van der Waals surface area (Å²) in [6, 6.07) is 0.726. The molecular formula is C22H29FN4O4S. The van der Waals surface area contributed by atoms with Crippen molar-refractivity contribution in [3.8, 4) is 0 Å². The van der Waals surface area contributed by atoms with Crippen molar-refractivity contribution < 1.29 is 13.9 Å². The van der Waals surface area contributed by atoms with Gasteiger partial charge in [-0.05, 0) is 64.7 Å². The predicted molar refractivity (Wildman–Crippen MR) is 122 cm³/mol. The van der Waals surface area contributed by atoms with Crippen LogP contribution < -0.4 is 16.6 Å². The average molecular weight is 465 g/mol. The Hall–Kier alpha value is -2.36. The molecule has 1 amide bonds. The van der Waals surface area contributed by atoms with Crippen molar-refractivity contribution in [2.75, 3.05) is 11.5 Å². The summed E-state index contributed by atoms with van der Waals surface area (Å²) in [4.78, 5) is 42.9. The minimum atomic E-state index is -0.600. The molecule has 1 N–H and O–H groups in total. The zero-order valence-corrected chi connectivity index (χ0v) is 19.4. The summed E-state index contributed by atoms with van der Waals surface area (Å²) < 4.78 is 22.1. The van der Waals surface area contributed by atoms with Crippen molar-refractivity contribution in [2.45, 2.75) is 76.6 Å². The summed E-state index contributed by atoms with van der Waals surface area (Å²) in [5.74, 6) is 1.09. The van der Waals surface area contributed by atoms with Gasteiger partial charge in [0.1, 0.15) is 17.1 Å². The molecule has 174 valence electrons. The largest absolute Gasteiger partial charge is 0.444 e. The van der Waals surface area contributed by atoms with Crippen LogP contribution in [-0.4, -0.2) is 43.4 Å². The maximum atomic E-state index is 13.9. The summed E-state index contributed by atoms with van der Waals surface area (Å²) in [7, 11) is 0. The van der Waals surface area contributed by atoms with Gasteiger partial charge in [-0.15, -0.1) is 0 Å². The van der Waals surface area contributed by atoms with Crippen LogP contribution in [0.1, 0.15) is 65.0 Å². The molecule has 2 aromatic heterocycles. The van der Waals surface area contributed by atoms with Crippen molar-refractivity contribution in [3.63, 3.8) is 0 Å². The number of halogens is 1. The number of thioether (sulfide) groups is 1. The van der Waals surface area contributed by atoms with E-state index >= 15 is 0 Å². The molecule has 32 heavy (non-hydrogen) atoms. The second kappa shape index (κ2) is 8.88. The maximum Gasteiger partial charge on any atom is 0.407 e. The lowest BCUT2D eigenvalue weighted by Gasteiger charge is -2.31. The molecule has 2 aliphatic rings. The fourth-order valence-corrected chi connectivity index (χ4v) is 5.73. The number of aromatic nitrogens is 3. The highest BCUT2D eigenvalue weighted by Gasteiger charge is 2.30. The number of alkyl carbamates (subject to hydrolysis) is 1. The highest BCUT2D eigenvalue weighted by Crippen LogP contribution is 2.30. The highest BCUT2D eigenvalue weighted by atomic mass is 32.2. The monoisotopic (exact) mass is 464 g/mol.